The predicted molar refractivity (Wildman–Crippen MR) is 31.6 cm³/mol. The molecule has 0 aliphatic rings. The molecule has 1 unspecified atom stereocenters. The highest BCUT2D eigenvalue weighted by molar-refractivity contribution is 5.66. The maximum absolute atomic E-state index is 10.3. The molecule has 50 valence electrons. The van der Waals surface area contributed by atoms with Crippen LogP contribution >= 0.6 is 0 Å². The van der Waals surface area contributed by atoms with E-state index >= 15 is 0 Å². The molecule has 0 aromatic carbocycles. The quantitative estimate of drug-likeness (QED) is 0.617. The lowest BCUT2D eigenvalue weighted by Gasteiger charge is -1.95. The standard InChI is InChI=1S/C6H9NO2/c1-5(4-7)2-3-6(8)9/h5H,2-3H2,1H3,(H,8,9)/i/hD. The molecule has 0 aliphatic heterocycles. The first kappa shape index (κ1) is 6.09. The molecule has 0 saturated carbocycles. The fraction of sp³-hybridized carbons (Fsp3) is 0.667. The van der Waals surface area contributed by atoms with Gasteiger partial charge in [-0.15, -0.1) is 0 Å². The van der Waals surface area contributed by atoms with E-state index in [0.717, 1.165) is 0 Å². The van der Waals surface area contributed by atoms with Gasteiger partial charge in [-0.3, -0.25) is 4.79 Å². The Labute approximate surface area is 55.4 Å². The highest BCUT2D eigenvalue weighted by atomic mass is 16.4. The van der Waals surface area contributed by atoms with Crippen LogP contribution in [0, 0.1) is 17.2 Å². The van der Waals surface area contributed by atoms with Crippen molar-refractivity contribution in [2.75, 3.05) is 0 Å². The zero-order chi connectivity index (χ0) is 7.98. The average Bonchev–Trinajstić information content (AvgIpc) is 1.99. The van der Waals surface area contributed by atoms with Crippen LogP contribution in [0.15, 0.2) is 0 Å². The molecular weight excluding hydrogens is 118 g/mol. The van der Waals surface area contributed by atoms with Gasteiger partial charge in [-0.1, -0.05) is 0 Å². The predicted octanol–water partition coefficient (Wildman–Crippen LogP) is 1.01. The van der Waals surface area contributed by atoms with Gasteiger partial charge in [0, 0.05) is 12.3 Å². The molecule has 0 bridgehead atoms. The van der Waals surface area contributed by atoms with E-state index in [4.69, 9.17) is 6.69 Å². The zero-order valence-corrected chi connectivity index (χ0v) is 5.26. The second kappa shape index (κ2) is 3.90. The molecule has 0 rings (SSSR count). The van der Waals surface area contributed by atoms with Crippen LogP contribution in [0.2, 0.25) is 0 Å². The van der Waals surface area contributed by atoms with Crippen molar-refractivity contribution in [3.05, 3.63) is 0 Å². The minimum absolute atomic E-state index is 0.140. The van der Waals surface area contributed by atoms with Crippen LogP contribution in [-0.4, -0.2) is 11.1 Å². The highest BCUT2D eigenvalue weighted by Gasteiger charge is 2.02. The summed E-state index contributed by atoms with van der Waals surface area (Å²) in [6.45, 7) is 1.72. The molecule has 3 heteroatoms. The van der Waals surface area contributed by atoms with Gasteiger partial charge < -0.3 is 5.11 Å². The number of nitriles is 1. The van der Waals surface area contributed by atoms with Crippen LogP contribution in [-0.2, 0) is 4.79 Å². The summed E-state index contributed by atoms with van der Waals surface area (Å²) in [6.07, 6.45) is 0.618. The van der Waals surface area contributed by atoms with Gasteiger partial charge in [0.25, 0.3) is 1.43 Å². The van der Waals surface area contributed by atoms with Gasteiger partial charge in [-0.05, 0) is 13.3 Å². The third kappa shape index (κ3) is 4.82. The number of rotatable bonds is 3. The molecule has 0 aromatic heterocycles. The van der Waals surface area contributed by atoms with Crippen molar-refractivity contribution in [3.8, 4) is 6.07 Å². The van der Waals surface area contributed by atoms with Crippen LogP contribution in [0.1, 0.15) is 19.8 Å². The van der Waals surface area contributed by atoms with Crippen molar-refractivity contribution in [2.45, 2.75) is 19.8 Å². The van der Waals surface area contributed by atoms with Gasteiger partial charge in [0.15, 0.2) is 0 Å². The number of nitrogens with zero attached hydrogens (tertiary/aromatic N) is 1. The number of carbonyl (C=O) groups is 1. The highest BCUT2D eigenvalue weighted by Crippen LogP contribution is 2.02. The molecule has 0 spiro atoms. The van der Waals surface area contributed by atoms with Gasteiger partial charge in [0.2, 0.25) is 0 Å². The third-order valence-electron chi connectivity index (χ3n) is 1.00. The number of hydrogen-bond donors (Lipinski definition) is 1. The lowest BCUT2D eigenvalue weighted by molar-refractivity contribution is -0.137. The van der Waals surface area contributed by atoms with Crippen LogP contribution < -0.4 is 0 Å². The topological polar surface area (TPSA) is 61.1 Å². The molecule has 0 fully saturated rings. The SMILES string of the molecule is [2H]OC(=O)CCC(C)C#N. The van der Waals surface area contributed by atoms with Crippen molar-refractivity contribution in [3.63, 3.8) is 0 Å². The minimum atomic E-state index is -0.581. The molecule has 0 radical (unpaired) electrons. The lowest BCUT2D eigenvalue weighted by atomic mass is 10.1. The van der Waals surface area contributed by atoms with Crippen molar-refractivity contribution < 1.29 is 9.90 Å². The molecule has 1 atom stereocenters. The Bertz CT molecular complexity index is 152. The lowest BCUT2D eigenvalue weighted by Crippen LogP contribution is -1.98. The van der Waals surface area contributed by atoms with E-state index in [-0.39, 0.29) is 12.3 Å². The van der Waals surface area contributed by atoms with Gasteiger partial charge in [0.1, 0.15) is 0 Å². The number of aliphatic carboxylic acids is 1. The Kier molecular flexibility index (Phi) is 2.64. The van der Waals surface area contributed by atoms with E-state index < -0.39 is 5.97 Å². The zero-order valence-electron chi connectivity index (χ0n) is 6.26. The average molecular weight is 128 g/mol. The van der Waals surface area contributed by atoms with Gasteiger partial charge in [-0.2, -0.15) is 5.26 Å². The second-order valence-corrected chi connectivity index (χ2v) is 1.94. The van der Waals surface area contributed by atoms with E-state index in [0.29, 0.717) is 6.42 Å². The van der Waals surface area contributed by atoms with Crippen LogP contribution in [0.3, 0.4) is 0 Å². The molecule has 0 saturated heterocycles. The summed E-state index contributed by atoms with van der Waals surface area (Å²) < 4.78 is 6.18. The first-order valence-corrected chi connectivity index (χ1v) is 2.76. The molecular formula is C6H9NO2. The van der Waals surface area contributed by atoms with Crippen LogP contribution in [0.5, 0.6) is 0 Å². The summed E-state index contributed by atoms with van der Waals surface area (Å²) in [6, 6.07) is 1.98. The fourth-order valence-electron chi connectivity index (χ4n) is 0.399. The van der Waals surface area contributed by atoms with E-state index in [1.165, 1.54) is 0 Å². The number of carboxylic acid groups (broad SMARTS) is 1. The summed E-state index contributed by atoms with van der Waals surface area (Å²) >= 11 is 0. The number of hydrogen-bond acceptors (Lipinski definition) is 3. The van der Waals surface area contributed by atoms with E-state index in [2.05, 4.69) is 5.11 Å². The second-order valence-electron chi connectivity index (χ2n) is 1.94. The summed E-state index contributed by atoms with van der Waals surface area (Å²) in [5, 5.41) is 11.9. The summed E-state index contributed by atoms with van der Waals surface area (Å²) in [7, 11) is 0. The van der Waals surface area contributed by atoms with Crippen LogP contribution in [0.4, 0.5) is 0 Å². The molecule has 9 heavy (non-hydrogen) atoms. The first-order chi connectivity index (χ1) is 4.70. The maximum Gasteiger partial charge on any atom is 0.303 e. The Morgan fingerprint density at radius 3 is 3.22 bits per heavy atom. The van der Waals surface area contributed by atoms with Crippen molar-refractivity contribution in [1.82, 2.24) is 0 Å². The summed E-state index contributed by atoms with van der Waals surface area (Å²) in [4.78, 5) is 10.3. The Hall–Kier alpha value is -1.04. The Balaban J connectivity index is 3.37. The smallest absolute Gasteiger partial charge is 0.303 e. The Morgan fingerprint density at radius 1 is 2.11 bits per heavy atom. The molecule has 0 aromatic rings. The maximum atomic E-state index is 10.3. The largest absolute Gasteiger partial charge is 0.481 e. The van der Waals surface area contributed by atoms with Gasteiger partial charge >= 0.3 is 5.97 Å². The van der Waals surface area contributed by atoms with Crippen molar-refractivity contribution in [1.29, 1.82) is 6.69 Å². The van der Waals surface area contributed by atoms with E-state index in [9.17, 15) is 4.79 Å². The monoisotopic (exact) mass is 128 g/mol. The fourth-order valence-corrected chi connectivity index (χ4v) is 0.399. The Morgan fingerprint density at radius 2 is 2.78 bits per heavy atom. The summed E-state index contributed by atoms with van der Waals surface area (Å²) in [5.41, 5.74) is 0. The van der Waals surface area contributed by atoms with Gasteiger partial charge in [-0.25, -0.2) is 0 Å². The summed E-state index contributed by atoms with van der Waals surface area (Å²) in [5.74, 6) is -0.721. The van der Waals surface area contributed by atoms with E-state index in [1.807, 2.05) is 6.07 Å². The normalized spacial score (nSPS) is 13.1. The molecule has 3 nitrogen and oxygen atoms in total. The molecule has 1 N–H and O–H groups in total. The van der Waals surface area contributed by atoms with Crippen molar-refractivity contribution >= 4 is 5.97 Å². The number of carboxylic acids is 1. The van der Waals surface area contributed by atoms with E-state index in [1.54, 1.807) is 6.92 Å². The van der Waals surface area contributed by atoms with Crippen LogP contribution in [0.25, 0.3) is 1.43 Å². The van der Waals surface area contributed by atoms with Gasteiger partial charge in [0.05, 0.1) is 6.07 Å². The minimum Gasteiger partial charge on any atom is -0.481 e. The van der Waals surface area contributed by atoms with Crippen molar-refractivity contribution in [2.24, 2.45) is 5.92 Å². The molecule has 0 aliphatic carbocycles. The first-order valence-electron chi connectivity index (χ1n) is 3.17. The molecule has 0 amide bonds. The molecule has 0 heterocycles. The third-order valence-corrected chi connectivity index (χ3v) is 1.00.